The Labute approximate surface area is 186 Å². The molecule has 2 N–H and O–H groups in total. The van der Waals surface area contributed by atoms with Gasteiger partial charge in [0.15, 0.2) is 0 Å². The zero-order valence-electron chi connectivity index (χ0n) is 19.5. The van der Waals surface area contributed by atoms with Crippen LogP contribution in [0.25, 0.3) is 11.0 Å². The maximum absolute atomic E-state index is 12.9. The van der Waals surface area contributed by atoms with Crippen LogP contribution in [0.5, 0.6) is 0 Å². The smallest absolute Gasteiger partial charge is 0.240 e. The van der Waals surface area contributed by atoms with Crippen molar-refractivity contribution < 1.29 is 8.42 Å². The minimum Gasteiger partial charge on any atom is -0.326 e. The molecule has 0 aliphatic heterocycles. The maximum atomic E-state index is 12.9. The third-order valence-corrected chi connectivity index (χ3v) is 7.48. The number of sulfonamides is 1. The molecule has 0 fully saturated rings. The lowest BCUT2D eigenvalue weighted by atomic mass is 9.88. The summed E-state index contributed by atoms with van der Waals surface area (Å²) in [7, 11) is -3.61. The van der Waals surface area contributed by atoms with Crippen molar-refractivity contribution in [2.75, 3.05) is 5.32 Å². The Balaban J connectivity index is 2.15. The molecule has 0 amide bonds. The highest BCUT2D eigenvalue weighted by molar-refractivity contribution is 7.89. The van der Waals surface area contributed by atoms with Gasteiger partial charge in [-0.15, -0.1) is 0 Å². The Morgan fingerprint density at radius 1 is 1.06 bits per heavy atom. The fourth-order valence-electron chi connectivity index (χ4n) is 3.29. The maximum Gasteiger partial charge on any atom is 0.240 e. The predicted molar refractivity (Wildman–Crippen MR) is 128 cm³/mol. The number of rotatable bonds is 7. The Kier molecular flexibility index (Phi) is 6.48. The highest BCUT2D eigenvalue weighted by Crippen LogP contribution is 2.37. The van der Waals surface area contributed by atoms with E-state index in [0.717, 1.165) is 23.1 Å². The van der Waals surface area contributed by atoms with Crippen LogP contribution in [0.2, 0.25) is 0 Å². The van der Waals surface area contributed by atoms with Gasteiger partial charge < -0.3 is 9.88 Å². The minimum absolute atomic E-state index is 0.0544. The van der Waals surface area contributed by atoms with E-state index in [4.69, 9.17) is 4.98 Å². The van der Waals surface area contributed by atoms with Crippen LogP contribution in [0.15, 0.2) is 47.4 Å². The van der Waals surface area contributed by atoms with Gasteiger partial charge in [-0.05, 0) is 62.9 Å². The Bertz CT molecular complexity index is 1160. The molecule has 2 atom stereocenters. The number of fused-ring (bicyclic) bond motifs is 1. The van der Waals surface area contributed by atoms with Crippen LogP contribution in [0.1, 0.15) is 59.6 Å². The van der Waals surface area contributed by atoms with Gasteiger partial charge in [0, 0.05) is 17.8 Å². The number of aromatic nitrogens is 2. The van der Waals surface area contributed by atoms with E-state index in [9.17, 15) is 8.42 Å². The van der Waals surface area contributed by atoms with E-state index >= 15 is 0 Å². The average Bonchev–Trinajstić information content (AvgIpc) is 3.04. The lowest BCUT2D eigenvalue weighted by Crippen LogP contribution is -2.32. The van der Waals surface area contributed by atoms with Crippen LogP contribution in [0.3, 0.4) is 0 Å². The summed E-state index contributed by atoms with van der Waals surface area (Å²) < 4.78 is 30.6. The van der Waals surface area contributed by atoms with Crippen LogP contribution in [-0.4, -0.2) is 24.0 Å². The fourth-order valence-corrected chi connectivity index (χ4v) is 4.64. The number of anilines is 2. The summed E-state index contributed by atoms with van der Waals surface area (Å²) in [5.74, 6) is 0.700. The predicted octanol–water partition coefficient (Wildman–Crippen LogP) is 5.77. The molecule has 0 aliphatic rings. The van der Waals surface area contributed by atoms with Crippen molar-refractivity contribution in [2.24, 2.45) is 5.41 Å². The largest absolute Gasteiger partial charge is 0.326 e. The summed E-state index contributed by atoms with van der Waals surface area (Å²) >= 11 is 0. The first kappa shape index (κ1) is 23.3. The molecule has 3 rings (SSSR count). The van der Waals surface area contributed by atoms with Gasteiger partial charge in [0.25, 0.3) is 0 Å². The third-order valence-electron chi connectivity index (χ3n) is 5.89. The molecule has 2 aromatic carbocycles. The van der Waals surface area contributed by atoms with E-state index < -0.39 is 10.0 Å². The summed E-state index contributed by atoms with van der Waals surface area (Å²) in [5.41, 5.74) is 3.62. The SMILES string of the molecule is CCC(C)NS(=O)(=O)c1ccc2nc(Nc3ccc(C)cc3)n(C(C)C(C)(C)C)c2c1. The second-order valence-corrected chi connectivity index (χ2v) is 11.1. The van der Waals surface area contributed by atoms with Crippen LogP contribution < -0.4 is 10.0 Å². The van der Waals surface area contributed by atoms with Gasteiger partial charge in [-0.3, -0.25) is 0 Å². The standard InChI is InChI=1S/C24H34N4O2S/c1-8-17(3)27-31(29,30)20-13-14-21-22(15-20)28(18(4)24(5,6)7)23(26-21)25-19-11-9-16(2)10-12-19/h9-15,17-18,27H,8H2,1-7H3,(H,25,26). The van der Waals surface area contributed by atoms with Crippen molar-refractivity contribution in [3.8, 4) is 0 Å². The zero-order valence-corrected chi connectivity index (χ0v) is 20.3. The van der Waals surface area contributed by atoms with Gasteiger partial charge >= 0.3 is 0 Å². The summed E-state index contributed by atoms with van der Waals surface area (Å²) in [6, 6.07) is 13.2. The average molecular weight is 443 g/mol. The number of hydrogen-bond donors (Lipinski definition) is 2. The van der Waals surface area contributed by atoms with Crippen molar-refractivity contribution in [3.05, 3.63) is 48.0 Å². The quantitative estimate of drug-likeness (QED) is 0.487. The Morgan fingerprint density at radius 3 is 2.29 bits per heavy atom. The van der Waals surface area contributed by atoms with Gasteiger partial charge in [0.2, 0.25) is 16.0 Å². The summed E-state index contributed by atoms with van der Waals surface area (Å²) in [5, 5.41) is 3.43. The molecule has 0 saturated heterocycles. The van der Waals surface area contributed by atoms with E-state index in [1.807, 2.05) is 38.1 Å². The van der Waals surface area contributed by atoms with E-state index in [1.54, 1.807) is 18.2 Å². The molecule has 0 aliphatic carbocycles. The second-order valence-electron chi connectivity index (χ2n) is 9.42. The van der Waals surface area contributed by atoms with E-state index in [1.165, 1.54) is 5.56 Å². The highest BCUT2D eigenvalue weighted by Gasteiger charge is 2.27. The van der Waals surface area contributed by atoms with Gasteiger partial charge in [0.1, 0.15) is 0 Å². The fraction of sp³-hybridized carbons (Fsp3) is 0.458. The molecule has 7 heteroatoms. The first-order valence-electron chi connectivity index (χ1n) is 10.8. The van der Waals surface area contributed by atoms with Gasteiger partial charge in [-0.2, -0.15) is 0 Å². The zero-order chi connectivity index (χ0) is 23.0. The van der Waals surface area contributed by atoms with E-state index in [2.05, 4.69) is 49.2 Å². The number of nitrogens with zero attached hydrogens (tertiary/aromatic N) is 2. The highest BCUT2D eigenvalue weighted by atomic mass is 32.2. The number of nitrogens with one attached hydrogen (secondary N) is 2. The third kappa shape index (κ3) is 5.10. The minimum atomic E-state index is -3.61. The molecule has 3 aromatic rings. The van der Waals surface area contributed by atoms with Crippen molar-refractivity contribution in [1.29, 1.82) is 0 Å². The molecule has 1 aromatic heterocycles. The van der Waals surface area contributed by atoms with Crippen molar-refractivity contribution >= 4 is 32.7 Å². The second kappa shape index (κ2) is 8.63. The van der Waals surface area contributed by atoms with E-state index in [0.29, 0.717) is 5.95 Å². The number of aryl methyl sites for hydroxylation is 1. The number of imidazole rings is 1. The van der Waals surface area contributed by atoms with Crippen LogP contribution in [0, 0.1) is 12.3 Å². The van der Waals surface area contributed by atoms with Crippen molar-refractivity contribution in [1.82, 2.24) is 14.3 Å². The summed E-state index contributed by atoms with van der Waals surface area (Å²) in [6.45, 7) is 14.5. The van der Waals surface area contributed by atoms with E-state index in [-0.39, 0.29) is 22.4 Å². The molecular formula is C24H34N4O2S. The Hall–Kier alpha value is -2.38. The topological polar surface area (TPSA) is 76.0 Å². The molecule has 0 saturated carbocycles. The van der Waals surface area contributed by atoms with Crippen LogP contribution in [0.4, 0.5) is 11.6 Å². The number of hydrogen-bond acceptors (Lipinski definition) is 4. The summed E-state index contributed by atoms with van der Waals surface area (Å²) in [6.07, 6.45) is 0.727. The van der Waals surface area contributed by atoms with Crippen molar-refractivity contribution in [3.63, 3.8) is 0 Å². The van der Waals surface area contributed by atoms with Gasteiger partial charge in [0.05, 0.1) is 15.9 Å². The number of benzene rings is 2. The molecule has 6 nitrogen and oxygen atoms in total. The summed E-state index contributed by atoms with van der Waals surface area (Å²) in [4.78, 5) is 5.06. The molecule has 0 spiro atoms. The van der Waals surface area contributed by atoms with Crippen molar-refractivity contribution in [2.45, 2.75) is 71.9 Å². The molecule has 0 radical (unpaired) electrons. The normalized spacial score (nSPS) is 14.5. The molecule has 1 heterocycles. The molecule has 31 heavy (non-hydrogen) atoms. The Morgan fingerprint density at radius 2 is 1.71 bits per heavy atom. The van der Waals surface area contributed by atoms with Crippen LogP contribution in [-0.2, 0) is 10.0 Å². The molecule has 0 bridgehead atoms. The molecule has 168 valence electrons. The first-order valence-corrected chi connectivity index (χ1v) is 12.3. The molecular weight excluding hydrogens is 408 g/mol. The monoisotopic (exact) mass is 442 g/mol. The molecule has 2 unspecified atom stereocenters. The van der Waals surface area contributed by atoms with Gasteiger partial charge in [-0.1, -0.05) is 45.4 Å². The first-order chi connectivity index (χ1) is 14.4. The van der Waals surface area contributed by atoms with Gasteiger partial charge in [-0.25, -0.2) is 18.1 Å². The lowest BCUT2D eigenvalue weighted by Gasteiger charge is -2.30. The lowest BCUT2D eigenvalue weighted by molar-refractivity contribution is 0.270. The van der Waals surface area contributed by atoms with Crippen LogP contribution >= 0.6 is 0 Å².